The number of hydrogen-bond donors (Lipinski definition) is 2. The maximum Gasteiger partial charge on any atom is 0.255 e. The molecule has 0 bridgehead atoms. The number of carbonyl (C=O) groups excluding carboxylic acids is 3. The van der Waals surface area contributed by atoms with Crippen molar-refractivity contribution >= 4 is 29.3 Å². The molecule has 0 radical (unpaired) electrons. The van der Waals surface area contributed by atoms with E-state index in [9.17, 15) is 19.5 Å². The van der Waals surface area contributed by atoms with Crippen LogP contribution in [0.4, 0.5) is 0 Å². The Morgan fingerprint density at radius 2 is 1.97 bits per heavy atom. The van der Waals surface area contributed by atoms with Crippen molar-refractivity contribution < 1.29 is 19.5 Å². The molecule has 1 saturated heterocycles. The highest BCUT2D eigenvalue weighted by Gasteiger charge is 2.44. The quantitative estimate of drug-likeness (QED) is 0.722. The molecule has 2 N–H and O–H groups in total. The van der Waals surface area contributed by atoms with Crippen molar-refractivity contribution in [1.29, 1.82) is 0 Å². The van der Waals surface area contributed by atoms with Crippen molar-refractivity contribution in [3.63, 3.8) is 0 Å². The first-order valence-corrected chi connectivity index (χ1v) is 11.7. The summed E-state index contributed by atoms with van der Waals surface area (Å²) < 4.78 is 0. The van der Waals surface area contributed by atoms with Crippen LogP contribution >= 0.6 is 11.6 Å². The topological polar surface area (TPSA) is 89.9 Å². The smallest absolute Gasteiger partial charge is 0.255 e. The molecule has 8 heteroatoms. The van der Waals surface area contributed by atoms with E-state index < -0.39 is 18.2 Å². The third-order valence-electron chi connectivity index (χ3n) is 7.04. The van der Waals surface area contributed by atoms with E-state index in [1.807, 2.05) is 30.3 Å². The molecular weight excluding hydrogens is 442 g/mol. The van der Waals surface area contributed by atoms with Crippen LogP contribution in [0.1, 0.15) is 52.9 Å². The summed E-state index contributed by atoms with van der Waals surface area (Å²) in [5, 5.41) is 14.0. The van der Waals surface area contributed by atoms with Crippen LogP contribution in [0, 0.1) is 0 Å². The maximum absolute atomic E-state index is 13.4. The normalized spacial score (nSPS) is 24.6. The van der Waals surface area contributed by atoms with Crippen LogP contribution in [0.15, 0.2) is 42.5 Å². The van der Waals surface area contributed by atoms with E-state index in [-0.39, 0.29) is 36.7 Å². The molecule has 172 valence electrons. The van der Waals surface area contributed by atoms with Gasteiger partial charge in [0.05, 0.1) is 12.1 Å². The fourth-order valence-electron chi connectivity index (χ4n) is 5.26. The Balaban J connectivity index is 1.30. The maximum atomic E-state index is 13.4. The van der Waals surface area contributed by atoms with Crippen LogP contribution in [0.25, 0.3) is 0 Å². The Kier molecular flexibility index (Phi) is 5.62. The predicted molar refractivity (Wildman–Crippen MR) is 123 cm³/mol. The second kappa shape index (κ2) is 8.47. The number of aliphatic hydroxyl groups is 1. The minimum Gasteiger partial charge on any atom is -0.391 e. The van der Waals surface area contributed by atoms with E-state index in [1.165, 1.54) is 9.80 Å². The zero-order valence-electron chi connectivity index (χ0n) is 18.3. The van der Waals surface area contributed by atoms with Crippen molar-refractivity contribution in [3.05, 3.63) is 69.7 Å². The van der Waals surface area contributed by atoms with Gasteiger partial charge in [-0.2, -0.15) is 0 Å². The molecule has 3 aliphatic rings. The van der Waals surface area contributed by atoms with Crippen LogP contribution in [0.3, 0.4) is 0 Å². The summed E-state index contributed by atoms with van der Waals surface area (Å²) in [4.78, 5) is 42.4. The Bertz CT molecular complexity index is 1140. The van der Waals surface area contributed by atoms with E-state index >= 15 is 0 Å². The first kappa shape index (κ1) is 21.9. The van der Waals surface area contributed by atoms with Crippen molar-refractivity contribution in [2.24, 2.45) is 0 Å². The van der Waals surface area contributed by atoms with E-state index in [0.717, 1.165) is 29.5 Å². The van der Waals surface area contributed by atoms with Gasteiger partial charge in [-0.25, -0.2) is 0 Å². The minimum atomic E-state index is -0.784. The predicted octanol–water partition coefficient (Wildman–Crippen LogP) is 2.45. The van der Waals surface area contributed by atoms with Gasteiger partial charge in [0, 0.05) is 30.1 Å². The zero-order valence-corrected chi connectivity index (χ0v) is 19.1. The molecule has 0 spiro atoms. The van der Waals surface area contributed by atoms with Gasteiger partial charge in [0.2, 0.25) is 11.8 Å². The Labute approximate surface area is 197 Å². The highest BCUT2D eigenvalue weighted by molar-refractivity contribution is 6.30. The molecule has 1 unspecified atom stereocenters. The highest BCUT2D eigenvalue weighted by Crippen LogP contribution is 2.34. The molecule has 2 aromatic carbocycles. The Morgan fingerprint density at radius 3 is 2.76 bits per heavy atom. The number of fused-ring (bicyclic) bond motifs is 2. The summed E-state index contributed by atoms with van der Waals surface area (Å²) in [7, 11) is 0. The molecule has 7 nitrogen and oxygen atoms in total. The Hall–Kier alpha value is -2.90. The van der Waals surface area contributed by atoms with Gasteiger partial charge >= 0.3 is 0 Å². The molecule has 2 heterocycles. The largest absolute Gasteiger partial charge is 0.391 e. The number of amides is 3. The van der Waals surface area contributed by atoms with Gasteiger partial charge in [-0.15, -0.1) is 0 Å². The average molecular weight is 468 g/mol. The van der Waals surface area contributed by atoms with Crippen molar-refractivity contribution in [1.82, 2.24) is 15.1 Å². The Morgan fingerprint density at radius 1 is 1.18 bits per heavy atom. The van der Waals surface area contributed by atoms with Crippen LogP contribution < -0.4 is 5.32 Å². The number of likely N-dealkylation sites (tertiary alicyclic amines) is 1. The number of benzene rings is 2. The molecule has 3 amide bonds. The number of carbonyl (C=O) groups is 3. The van der Waals surface area contributed by atoms with E-state index in [4.69, 9.17) is 11.6 Å². The molecule has 5 rings (SSSR count). The van der Waals surface area contributed by atoms with Gasteiger partial charge < -0.3 is 20.2 Å². The number of aliphatic hydroxyl groups excluding tert-OH is 1. The number of rotatable bonds is 4. The monoisotopic (exact) mass is 467 g/mol. The van der Waals surface area contributed by atoms with Crippen LogP contribution in [-0.4, -0.2) is 57.4 Å². The fraction of sp³-hybridized carbons (Fsp3) is 0.400. The second-order valence-corrected chi connectivity index (χ2v) is 9.54. The zero-order chi connectivity index (χ0) is 23.3. The van der Waals surface area contributed by atoms with E-state index in [1.54, 1.807) is 19.1 Å². The van der Waals surface area contributed by atoms with E-state index in [2.05, 4.69) is 5.32 Å². The lowest BCUT2D eigenvalue weighted by Crippen LogP contribution is -2.53. The summed E-state index contributed by atoms with van der Waals surface area (Å²) in [6, 6.07) is 11.3. The first-order chi connectivity index (χ1) is 15.8. The van der Waals surface area contributed by atoms with Gasteiger partial charge in [-0.05, 0) is 54.7 Å². The molecule has 0 saturated carbocycles. The number of β-amino-alcohol motifs (C(OH)–C–C–N with tert-alkyl or cyclic N) is 1. The lowest BCUT2D eigenvalue weighted by atomic mass is 10.1. The lowest BCUT2D eigenvalue weighted by molar-refractivity contribution is -0.142. The van der Waals surface area contributed by atoms with Gasteiger partial charge in [-0.3, -0.25) is 14.4 Å². The third-order valence-corrected chi connectivity index (χ3v) is 7.28. The number of nitrogens with zero attached hydrogens (tertiary/aromatic N) is 2. The van der Waals surface area contributed by atoms with Crippen molar-refractivity contribution in [2.45, 2.75) is 57.0 Å². The molecule has 0 aromatic heterocycles. The van der Waals surface area contributed by atoms with E-state index in [0.29, 0.717) is 17.1 Å². The second-order valence-electron chi connectivity index (χ2n) is 9.11. The molecule has 2 aromatic rings. The molecular formula is C25H26ClN3O4. The SMILES string of the molecule is C[C@@H](C(=O)N1C[C@H](O)C[C@H]1C(=O)NC1CCc2ccc(Cl)cc21)N1Cc2ccccc2C1=O. The van der Waals surface area contributed by atoms with Gasteiger partial charge in [0.25, 0.3) is 5.91 Å². The first-order valence-electron chi connectivity index (χ1n) is 11.3. The van der Waals surface area contributed by atoms with Crippen LogP contribution in [-0.2, 0) is 22.6 Å². The minimum absolute atomic E-state index is 0.0727. The molecule has 1 fully saturated rings. The van der Waals surface area contributed by atoms with Gasteiger partial charge in [0.15, 0.2) is 0 Å². The van der Waals surface area contributed by atoms with Crippen molar-refractivity contribution in [3.8, 4) is 0 Å². The summed E-state index contributed by atoms with van der Waals surface area (Å²) in [5.41, 5.74) is 3.65. The summed E-state index contributed by atoms with van der Waals surface area (Å²) in [6.45, 7) is 2.11. The number of aryl methyl sites for hydroxylation is 1. The summed E-state index contributed by atoms with van der Waals surface area (Å²) >= 11 is 6.15. The lowest BCUT2D eigenvalue weighted by Gasteiger charge is -2.31. The number of halogens is 1. The van der Waals surface area contributed by atoms with Crippen LogP contribution in [0.2, 0.25) is 5.02 Å². The molecule has 4 atom stereocenters. The highest BCUT2D eigenvalue weighted by atomic mass is 35.5. The fourth-order valence-corrected chi connectivity index (χ4v) is 5.44. The molecule has 2 aliphatic heterocycles. The standard InChI is InChI=1S/C25H26ClN3O4/c1-14(28-12-16-4-2-3-5-19(16)25(28)33)24(32)29-13-18(30)11-22(29)23(31)27-21-9-7-15-6-8-17(26)10-20(15)21/h2-6,8,10,14,18,21-22,30H,7,9,11-13H2,1H3,(H,27,31)/t14-,18+,21?,22-/m0/s1. The molecule has 1 aliphatic carbocycles. The number of nitrogens with one attached hydrogen (secondary N) is 1. The van der Waals surface area contributed by atoms with Gasteiger partial charge in [-0.1, -0.05) is 35.9 Å². The number of hydrogen-bond acceptors (Lipinski definition) is 4. The summed E-state index contributed by atoms with van der Waals surface area (Å²) in [5.74, 6) is -0.810. The average Bonchev–Trinajstić information content (AvgIpc) is 3.48. The van der Waals surface area contributed by atoms with Crippen LogP contribution in [0.5, 0.6) is 0 Å². The summed E-state index contributed by atoms with van der Waals surface area (Å²) in [6.07, 6.45) is 1.01. The molecule has 33 heavy (non-hydrogen) atoms. The van der Waals surface area contributed by atoms with Crippen molar-refractivity contribution in [2.75, 3.05) is 6.54 Å². The van der Waals surface area contributed by atoms with Gasteiger partial charge in [0.1, 0.15) is 12.1 Å². The third kappa shape index (κ3) is 3.89.